The molecule has 0 aliphatic carbocycles. The van der Waals surface area contributed by atoms with Crippen molar-refractivity contribution in [3.8, 4) is 0 Å². The van der Waals surface area contributed by atoms with E-state index in [9.17, 15) is 13.2 Å². The van der Waals surface area contributed by atoms with Gasteiger partial charge >= 0.3 is 0 Å². The third kappa shape index (κ3) is 6.02. The molecule has 3 unspecified atom stereocenters. The molecule has 170 valence electrons. The molecule has 2 aromatic rings. The first-order valence-electron chi connectivity index (χ1n) is 10.7. The molecule has 1 N–H and O–H groups in total. The zero-order chi connectivity index (χ0) is 22.6. The van der Waals surface area contributed by atoms with Gasteiger partial charge in [0.15, 0.2) is 5.78 Å². The Kier molecular flexibility index (Phi) is 8.04. The van der Waals surface area contributed by atoms with Gasteiger partial charge in [0.2, 0.25) is 10.0 Å². The largest absolute Gasteiger partial charge is 0.308 e. The Balaban J connectivity index is 1.66. The smallest absolute Gasteiger partial charge is 0.243 e. The first-order valence-corrected chi connectivity index (χ1v) is 13.0. The van der Waals surface area contributed by atoms with Crippen molar-refractivity contribution in [3.05, 3.63) is 52.2 Å². The molecular formula is C23H33N3O3S2. The summed E-state index contributed by atoms with van der Waals surface area (Å²) in [5.74, 6) is 0.558. The van der Waals surface area contributed by atoms with Crippen molar-refractivity contribution in [2.75, 3.05) is 40.3 Å². The Morgan fingerprint density at radius 3 is 2.52 bits per heavy atom. The van der Waals surface area contributed by atoms with Crippen molar-refractivity contribution >= 4 is 27.1 Å². The summed E-state index contributed by atoms with van der Waals surface area (Å²) in [6.07, 6.45) is 1.04. The van der Waals surface area contributed by atoms with E-state index in [1.54, 1.807) is 33.8 Å². The number of nitrogens with one attached hydrogen (secondary N) is 1. The first kappa shape index (κ1) is 24.1. The van der Waals surface area contributed by atoms with E-state index in [0.29, 0.717) is 37.0 Å². The molecule has 3 rings (SSSR count). The summed E-state index contributed by atoms with van der Waals surface area (Å²) in [7, 11) is 0.433. The molecule has 8 heteroatoms. The molecule has 0 amide bonds. The Hall–Kier alpha value is -1.58. The van der Waals surface area contributed by atoms with Crippen LogP contribution in [0.2, 0.25) is 0 Å². The summed E-state index contributed by atoms with van der Waals surface area (Å²) in [5.41, 5.74) is 0.421. The summed E-state index contributed by atoms with van der Waals surface area (Å²) in [6.45, 7) is 6.03. The van der Waals surface area contributed by atoms with Crippen molar-refractivity contribution in [3.63, 3.8) is 0 Å². The summed E-state index contributed by atoms with van der Waals surface area (Å²) >= 11 is 1.70. The molecule has 0 saturated carbocycles. The van der Waals surface area contributed by atoms with E-state index in [1.165, 1.54) is 10.9 Å². The molecule has 2 heterocycles. The number of hydrogen-bond acceptors (Lipinski definition) is 6. The van der Waals surface area contributed by atoms with Gasteiger partial charge in [-0.15, -0.1) is 11.3 Å². The predicted molar refractivity (Wildman–Crippen MR) is 126 cm³/mol. The Morgan fingerprint density at radius 1 is 1.19 bits per heavy atom. The highest BCUT2D eigenvalue weighted by atomic mass is 32.2. The Morgan fingerprint density at radius 2 is 1.90 bits per heavy atom. The summed E-state index contributed by atoms with van der Waals surface area (Å²) < 4.78 is 27.9. The molecule has 0 spiro atoms. The maximum absolute atomic E-state index is 13.2. The van der Waals surface area contributed by atoms with Crippen LogP contribution in [-0.2, 0) is 10.0 Å². The van der Waals surface area contributed by atoms with Gasteiger partial charge in [-0.25, -0.2) is 8.42 Å². The van der Waals surface area contributed by atoms with Crippen LogP contribution in [0.25, 0.3) is 0 Å². The first-order chi connectivity index (χ1) is 14.7. The number of rotatable bonds is 9. The number of piperidine rings is 1. The van der Waals surface area contributed by atoms with Crippen LogP contribution in [0.4, 0.5) is 0 Å². The number of carbonyl (C=O) groups is 1. The van der Waals surface area contributed by atoms with Crippen molar-refractivity contribution in [2.45, 2.75) is 31.2 Å². The summed E-state index contributed by atoms with van der Waals surface area (Å²) in [5, 5.41) is 5.29. The van der Waals surface area contributed by atoms with Crippen molar-refractivity contribution < 1.29 is 13.2 Å². The van der Waals surface area contributed by atoms with Crippen LogP contribution in [-0.4, -0.2) is 63.7 Å². The van der Waals surface area contributed by atoms with Gasteiger partial charge < -0.3 is 10.2 Å². The van der Waals surface area contributed by atoms with Crippen LogP contribution in [0, 0.1) is 11.8 Å². The number of ketones is 1. The molecular weight excluding hydrogens is 430 g/mol. The van der Waals surface area contributed by atoms with E-state index >= 15 is 0 Å². The third-order valence-corrected chi connectivity index (χ3v) is 8.55. The van der Waals surface area contributed by atoms with Gasteiger partial charge in [-0.05, 0) is 55.9 Å². The number of thiophene rings is 1. The van der Waals surface area contributed by atoms with E-state index < -0.39 is 10.0 Å². The van der Waals surface area contributed by atoms with Gasteiger partial charge in [-0.2, -0.15) is 4.31 Å². The summed E-state index contributed by atoms with van der Waals surface area (Å²) in [6, 6.07) is 10.8. The fourth-order valence-corrected chi connectivity index (χ4v) is 6.87. The lowest BCUT2D eigenvalue weighted by atomic mass is 9.94. The van der Waals surface area contributed by atoms with Crippen LogP contribution >= 0.6 is 11.3 Å². The average Bonchev–Trinajstić information content (AvgIpc) is 3.24. The van der Waals surface area contributed by atoms with Gasteiger partial charge in [0.05, 0.1) is 17.5 Å². The van der Waals surface area contributed by atoms with Crippen LogP contribution < -0.4 is 5.32 Å². The minimum atomic E-state index is -3.60. The van der Waals surface area contributed by atoms with E-state index in [4.69, 9.17) is 0 Å². The molecule has 3 atom stereocenters. The lowest BCUT2D eigenvalue weighted by Crippen LogP contribution is -2.42. The second kappa shape index (κ2) is 10.4. The maximum atomic E-state index is 13.2. The van der Waals surface area contributed by atoms with Gasteiger partial charge in [-0.1, -0.05) is 32.0 Å². The monoisotopic (exact) mass is 463 g/mol. The minimum absolute atomic E-state index is 0.110. The molecule has 1 aromatic heterocycles. The van der Waals surface area contributed by atoms with Crippen LogP contribution in [0.15, 0.2) is 46.7 Å². The lowest BCUT2D eigenvalue weighted by molar-refractivity contribution is 0.0988. The van der Waals surface area contributed by atoms with Crippen LogP contribution in [0.5, 0.6) is 0 Å². The zero-order valence-corrected chi connectivity index (χ0v) is 20.4. The third-order valence-electron chi connectivity index (χ3n) is 5.75. The van der Waals surface area contributed by atoms with Gasteiger partial charge in [0.25, 0.3) is 0 Å². The van der Waals surface area contributed by atoms with Crippen molar-refractivity contribution in [2.24, 2.45) is 11.8 Å². The molecule has 6 nitrogen and oxygen atoms in total. The standard InChI is InChI=1S/C23H33N3O3S2/c1-17-11-18(2)16-26(15-17)31(28,29)20-8-5-7-19(12-20)22(27)14-24-13-21(25(3)4)23-9-6-10-30-23/h5-10,12,17-18,21,24H,11,13-16H2,1-4H3. The number of hydrogen-bond donors (Lipinski definition) is 1. The molecule has 1 aromatic carbocycles. The number of carbonyl (C=O) groups excluding carboxylic acids is 1. The highest BCUT2D eigenvalue weighted by Crippen LogP contribution is 2.27. The van der Waals surface area contributed by atoms with Gasteiger partial charge in [-0.3, -0.25) is 4.79 Å². The summed E-state index contributed by atoms with van der Waals surface area (Å²) in [4.78, 5) is 16.3. The highest BCUT2D eigenvalue weighted by molar-refractivity contribution is 7.89. The zero-order valence-electron chi connectivity index (χ0n) is 18.7. The number of nitrogens with zero attached hydrogens (tertiary/aromatic N) is 2. The molecule has 0 radical (unpaired) electrons. The number of sulfonamides is 1. The molecule has 1 saturated heterocycles. The average molecular weight is 464 g/mol. The lowest BCUT2D eigenvalue weighted by Gasteiger charge is -2.34. The topological polar surface area (TPSA) is 69.7 Å². The van der Waals surface area contributed by atoms with Gasteiger partial charge in [0.1, 0.15) is 0 Å². The van der Waals surface area contributed by atoms with Crippen molar-refractivity contribution in [1.82, 2.24) is 14.5 Å². The Labute approximate surface area is 190 Å². The van der Waals surface area contributed by atoms with E-state index in [2.05, 4.69) is 30.1 Å². The number of benzene rings is 1. The van der Waals surface area contributed by atoms with E-state index in [0.717, 1.165) is 6.42 Å². The molecule has 1 fully saturated rings. The Bertz CT molecular complexity index is 964. The predicted octanol–water partition coefficient (Wildman–Crippen LogP) is 3.49. The maximum Gasteiger partial charge on any atom is 0.243 e. The van der Waals surface area contributed by atoms with Gasteiger partial charge in [0, 0.05) is 30.1 Å². The van der Waals surface area contributed by atoms with E-state index in [-0.39, 0.29) is 23.3 Å². The number of likely N-dealkylation sites (N-methyl/N-ethyl adjacent to an activating group) is 1. The highest BCUT2D eigenvalue weighted by Gasteiger charge is 2.32. The SMILES string of the molecule is CC1CC(C)CN(S(=O)(=O)c2cccc(C(=O)CNCC(c3cccs3)N(C)C)c2)C1. The van der Waals surface area contributed by atoms with E-state index in [1.807, 2.05) is 25.5 Å². The molecule has 1 aliphatic heterocycles. The van der Waals surface area contributed by atoms with Crippen molar-refractivity contribution in [1.29, 1.82) is 0 Å². The van der Waals surface area contributed by atoms with Crippen LogP contribution in [0.1, 0.15) is 41.5 Å². The fourth-order valence-electron chi connectivity index (χ4n) is 4.22. The fraction of sp³-hybridized carbons (Fsp3) is 0.522. The molecule has 1 aliphatic rings. The molecule has 0 bridgehead atoms. The normalized spacial score (nSPS) is 21.3. The van der Waals surface area contributed by atoms with Crippen LogP contribution in [0.3, 0.4) is 0 Å². The molecule has 31 heavy (non-hydrogen) atoms. The second-order valence-corrected chi connectivity index (χ2v) is 11.8. The number of Topliss-reactive ketones (excluding diaryl/α,β-unsaturated/α-hetero) is 1. The second-order valence-electron chi connectivity index (χ2n) is 8.84. The quantitative estimate of drug-likeness (QED) is 0.577. The minimum Gasteiger partial charge on any atom is -0.308 e.